The van der Waals surface area contributed by atoms with Crippen molar-refractivity contribution >= 4 is 5.91 Å². The first-order valence-electron chi connectivity index (χ1n) is 8.43. The van der Waals surface area contributed by atoms with Crippen LogP contribution in [0.4, 0.5) is 0 Å². The second-order valence-corrected chi connectivity index (χ2v) is 5.92. The van der Waals surface area contributed by atoms with E-state index in [2.05, 4.69) is 0 Å². The van der Waals surface area contributed by atoms with Gasteiger partial charge in [0, 0.05) is 6.54 Å². The smallest absolute Gasteiger partial charge is 0.261 e. The minimum Gasteiger partial charge on any atom is -0.497 e. The van der Waals surface area contributed by atoms with E-state index in [9.17, 15) is 4.79 Å². The molecule has 1 saturated heterocycles. The van der Waals surface area contributed by atoms with Crippen LogP contribution in [0, 0.1) is 0 Å². The molecule has 0 N–H and O–H groups in total. The van der Waals surface area contributed by atoms with Crippen molar-refractivity contribution in [3.05, 3.63) is 53.6 Å². The molecule has 1 aliphatic rings. The van der Waals surface area contributed by atoms with Gasteiger partial charge < -0.3 is 23.8 Å². The molecule has 0 spiro atoms. The van der Waals surface area contributed by atoms with Crippen LogP contribution in [0.1, 0.15) is 22.0 Å². The van der Waals surface area contributed by atoms with E-state index >= 15 is 0 Å². The quantitative estimate of drug-likeness (QED) is 0.823. The zero-order valence-corrected chi connectivity index (χ0v) is 15.2. The van der Waals surface area contributed by atoms with E-state index in [1.54, 1.807) is 44.4 Å². The molecule has 2 aromatic carbocycles. The van der Waals surface area contributed by atoms with Gasteiger partial charge in [-0.3, -0.25) is 4.79 Å². The summed E-state index contributed by atoms with van der Waals surface area (Å²) in [6.45, 7) is 1.46. The molecule has 1 heterocycles. The zero-order chi connectivity index (χ0) is 18.5. The van der Waals surface area contributed by atoms with Crippen molar-refractivity contribution in [1.29, 1.82) is 0 Å². The summed E-state index contributed by atoms with van der Waals surface area (Å²) in [4.78, 5) is 14.9. The molecule has 138 valence electrons. The lowest BCUT2D eigenvalue weighted by Gasteiger charge is -2.33. The zero-order valence-electron chi connectivity index (χ0n) is 15.2. The highest BCUT2D eigenvalue weighted by Crippen LogP contribution is 2.31. The highest BCUT2D eigenvalue weighted by molar-refractivity contribution is 5.99. The van der Waals surface area contributed by atoms with Crippen molar-refractivity contribution in [2.45, 2.75) is 6.10 Å². The fraction of sp³-hybridized carbons (Fsp3) is 0.350. The second-order valence-electron chi connectivity index (χ2n) is 5.92. The van der Waals surface area contributed by atoms with Gasteiger partial charge in [0.15, 0.2) is 0 Å². The number of hydrogen-bond donors (Lipinski definition) is 0. The Morgan fingerprint density at radius 3 is 2.23 bits per heavy atom. The molecular formula is C20H23NO5. The standard InChI is InChI=1S/C20H23NO5/c1-23-15-9-7-14(8-10-15)18-13-21(11-12-26-18)20(22)19-16(24-2)5-4-6-17(19)25-3/h4-10,18H,11-13H2,1-3H3. The predicted octanol–water partition coefficient (Wildman–Crippen LogP) is 2.93. The molecule has 0 aliphatic carbocycles. The predicted molar refractivity (Wildman–Crippen MR) is 97.1 cm³/mol. The SMILES string of the molecule is COc1ccc(C2CN(C(=O)c3c(OC)cccc3OC)CCO2)cc1. The Hall–Kier alpha value is -2.73. The molecule has 6 heteroatoms. The molecule has 0 aromatic heterocycles. The van der Waals surface area contributed by atoms with E-state index in [0.29, 0.717) is 36.8 Å². The van der Waals surface area contributed by atoms with Crippen molar-refractivity contribution in [2.75, 3.05) is 41.0 Å². The molecule has 3 rings (SSSR count). The summed E-state index contributed by atoms with van der Waals surface area (Å²) >= 11 is 0. The fourth-order valence-electron chi connectivity index (χ4n) is 3.07. The van der Waals surface area contributed by atoms with Gasteiger partial charge in [-0.25, -0.2) is 0 Å². The van der Waals surface area contributed by atoms with Crippen LogP contribution >= 0.6 is 0 Å². The summed E-state index contributed by atoms with van der Waals surface area (Å²) in [6.07, 6.45) is -0.181. The molecule has 0 radical (unpaired) electrons. The van der Waals surface area contributed by atoms with Crippen molar-refractivity contribution in [3.8, 4) is 17.2 Å². The molecule has 2 aromatic rings. The van der Waals surface area contributed by atoms with Gasteiger partial charge in [0.05, 0.1) is 34.5 Å². The molecule has 26 heavy (non-hydrogen) atoms. The third-order valence-electron chi connectivity index (χ3n) is 4.48. The van der Waals surface area contributed by atoms with Crippen molar-refractivity contribution in [1.82, 2.24) is 4.90 Å². The Labute approximate surface area is 153 Å². The summed E-state index contributed by atoms with van der Waals surface area (Å²) in [5, 5.41) is 0. The van der Waals surface area contributed by atoms with E-state index in [1.165, 1.54) is 0 Å². The molecule has 0 saturated carbocycles. The van der Waals surface area contributed by atoms with E-state index < -0.39 is 0 Å². The highest BCUT2D eigenvalue weighted by atomic mass is 16.5. The number of rotatable bonds is 5. The van der Waals surface area contributed by atoms with Crippen molar-refractivity contribution in [2.24, 2.45) is 0 Å². The highest BCUT2D eigenvalue weighted by Gasteiger charge is 2.29. The molecule has 1 unspecified atom stereocenters. The van der Waals surface area contributed by atoms with Crippen LogP contribution in [0.25, 0.3) is 0 Å². The van der Waals surface area contributed by atoms with Crippen molar-refractivity contribution < 1.29 is 23.7 Å². The van der Waals surface area contributed by atoms with Gasteiger partial charge in [-0.05, 0) is 29.8 Å². The van der Waals surface area contributed by atoms with Gasteiger partial charge in [-0.15, -0.1) is 0 Å². The lowest BCUT2D eigenvalue weighted by molar-refractivity contribution is -0.0230. The third kappa shape index (κ3) is 3.60. The number of amides is 1. The van der Waals surface area contributed by atoms with Gasteiger partial charge in [0.1, 0.15) is 28.9 Å². The van der Waals surface area contributed by atoms with Crippen LogP contribution < -0.4 is 14.2 Å². The minimum atomic E-state index is -0.181. The minimum absolute atomic E-state index is 0.124. The number of carbonyl (C=O) groups is 1. The van der Waals surface area contributed by atoms with E-state index in [-0.39, 0.29) is 12.0 Å². The molecule has 1 amide bonds. The van der Waals surface area contributed by atoms with Crippen LogP contribution in [0.5, 0.6) is 17.2 Å². The first kappa shape index (κ1) is 18.1. The largest absolute Gasteiger partial charge is 0.497 e. The first-order valence-corrected chi connectivity index (χ1v) is 8.43. The summed E-state index contributed by atoms with van der Waals surface area (Å²) in [6, 6.07) is 13.0. The Balaban J connectivity index is 1.82. The molecule has 0 bridgehead atoms. The number of benzene rings is 2. The molecule has 6 nitrogen and oxygen atoms in total. The Morgan fingerprint density at radius 2 is 1.65 bits per heavy atom. The summed E-state index contributed by atoms with van der Waals surface area (Å²) in [5.74, 6) is 1.67. The molecule has 1 fully saturated rings. The molecule has 1 aliphatic heterocycles. The number of morpholine rings is 1. The average Bonchev–Trinajstić information content (AvgIpc) is 2.72. The molecule has 1 atom stereocenters. The topological polar surface area (TPSA) is 57.2 Å². The maximum Gasteiger partial charge on any atom is 0.261 e. The normalized spacial score (nSPS) is 16.9. The van der Waals surface area contributed by atoms with Crippen LogP contribution in [0.15, 0.2) is 42.5 Å². The Bertz CT molecular complexity index is 737. The van der Waals surface area contributed by atoms with Crippen molar-refractivity contribution in [3.63, 3.8) is 0 Å². The van der Waals surface area contributed by atoms with Gasteiger partial charge >= 0.3 is 0 Å². The van der Waals surface area contributed by atoms with Gasteiger partial charge in [0.2, 0.25) is 0 Å². The summed E-state index contributed by atoms with van der Waals surface area (Å²) in [5.41, 5.74) is 1.45. The van der Waals surface area contributed by atoms with Gasteiger partial charge in [0.25, 0.3) is 5.91 Å². The Kier molecular flexibility index (Phi) is 5.63. The summed E-state index contributed by atoms with van der Waals surface area (Å²) in [7, 11) is 4.73. The monoisotopic (exact) mass is 357 g/mol. The number of carbonyl (C=O) groups excluding carboxylic acids is 1. The van der Waals surface area contributed by atoms with Gasteiger partial charge in [-0.1, -0.05) is 18.2 Å². The maximum absolute atomic E-state index is 13.1. The second kappa shape index (κ2) is 8.10. The average molecular weight is 357 g/mol. The fourth-order valence-corrected chi connectivity index (χ4v) is 3.07. The lowest BCUT2D eigenvalue weighted by Crippen LogP contribution is -2.42. The van der Waals surface area contributed by atoms with E-state index in [4.69, 9.17) is 18.9 Å². The molecular weight excluding hydrogens is 334 g/mol. The lowest BCUT2D eigenvalue weighted by atomic mass is 10.1. The van der Waals surface area contributed by atoms with E-state index in [1.807, 2.05) is 24.3 Å². The first-order chi connectivity index (χ1) is 12.7. The van der Waals surface area contributed by atoms with E-state index in [0.717, 1.165) is 11.3 Å². The number of methoxy groups -OCH3 is 3. The van der Waals surface area contributed by atoms with Gasteiger partial charge in [-0.2, -0.15) is 0 Å². The van der Waals surface area contributed by atoms with Crippen LogP contribution in [0.2, 0.25) is 0 Å². The summed E-state index contributed by atoms with van der Waals surface area (Å²) < 4.78 is 21.8. The van der Waals surface area contributed by atoms with Crippen LogP contribution in [-0.2, 0) is 4.74 Å². The number of hydrogen-bond acceptors (Lipinski definition) is 5. The van der Waals surface area contributed by atoms with Crippen LogP contribution in [0.3, 0.4) is 0 Å². The number of nitrogens with zero attached hydrogens (tertiary/aromatic N) is 1. The maximum atomic E-state index is 13.1. The third-order valence-corrected chi connectivity index (χ3v) is 4.48. The van der Waals surface area contributed by atoms with Crippen LogP contribution in [-0.4, -0.2) is 51.8 Å². The Morgan fingerprint density at radius 1 is 1.00 bits per heavy atom. The number of ether oxygens (including phenoxy) is 4.